The van der Waals surface area contributed by atoms with Gasteiger partial charge in [-0.2, -0.15) is 0 Å². The number of ether oxygens (including phenoxy) is 4. The van der Waals surface area contributed by atoms with Crippen LogP contribution in [0.25, 0.3) is 0 Å². The normalized spacial score (nSPS) is 48.1. The summed E-state index contributed by atoms with van der Waals surface area (Å²) in [4.78, 5) is 37.0. The first-order valence-corrected chi connectivity index (χ1v) is 12.2. The third-order valence-corrected chi connectivity index (χ3v) is 9.17. The molecule has 4 rings (SSSR count). The summed E-state index contributed by atoms with van der Waals surface area (Å²) in [5.74, 6) is -3.39. The number of hydrogen-bond acceptors (Lipinski definition) is 8. The predicted octanol–water partition coefficient (Wildman–Crippen LogP) is 2.67. The Morgan fingerprint density at radius 1 is 1.09 bits per heavy atom. The number of aliphatic hydroxyl groups excluding tert-OH is 1. The van der Waals surface area contributed by atoms with Gasteiger partial charge in [0.25, 0.3) is 0 Å². The lowest BCUT2D eigenvalue weighted by molar-refractivity contribution is -0.264. The zero-order valence-corrected chi connectivity index (χ0v) is 21.1. The van der Waals surface area contributed by atoms with Gasteiger partial charge in [0.15, 0.2) is 6.10 Å². The SMILES string of the molecule is C=C1[C@@H]2[C@H](O)[C@@]34O[C@@H](C[C@H](OC(C)=O)[C@@]2(C)[C@@H](OC(C)=O)C[C@@H]1Cl)C(=C)[C@H](Cl)[C@@H]3OC(=O)[C@@H]4C. The molecule has 3 heterocycles. The van der Waals surface area contributed by atoms with Crippen LogP contribution in [0.2, 0.25) is 0 Å². The van der Waals surface area contributed by atoms with Crippen molar-refractivity contribution < 1.29 is 38.4 Å². The van der Waals surface area contributed by atoms with E-state index < -0.39 is 82.0 Å². The van der Waals surface area contributed by atoms with E-state index in [9.17, 15) is 19.5 Å². The second-order valence-corrected chi connectivity index (χ2v) is 11.0. The van der Waals surface area contributed by atoms with Crippen molar-refractivity contribution >= 4 is 41.1 Å². The highest BCUT2D eigenvalue weighted by Crippen LogP contribution is 2.60. The first-order chi connectivity index (χ1) is 15.8. The molecule has 2 bridgehead atoms. The van der Waals surface area contributed by atoms with Gasteiger partial charge in [-0.15, -0.1) is 23.2 Å². The maximum Gasteiger partial charge on any atom is 0.312 e. The van der Waals surface area contributed by atoms with Crippen LogP contribution in [0.1, 0.15) is 40.5 Å². The quantitative estimate of drug-likeness (QED) is 0.258. The van der Waals surface area contributed by atoms with E-state index in [1.54, 1.807) is 13.8 Å². The lowest BCUT2D eigenvalue weighted by Gasteiger charge is -2.60. The summed E-state index contributed by atoms with van der Waals surface area (Å²) in [6, 6.07) is 0. The summed E-state index contributed by atoms with van der Waals surface area (Å²) >= 11 is 13.4. The van der Waals surface area contributed by atoms with Gasteiger partial charge in [-0.3, -0.25) is 14.4 Å². The smallest absolute Gasteiger partial charge is 0.312 e. The first-order valence-electron chi connectivity index (χ1n) is 11.3. The Hall–Kier alpha value is -1.61. The van der Waals surface area contributed by atoms with Gasteiger partial charge in [0.2, 0.25) is 0 Å². The molecular formula is C24H30Cl2O8. The molecule has 10 heteroatoms. The largest absolute Gasteiger partial charge is 0.462 e. The maximum absolute atomic E-state index is 12.7. The number of alkyl halides is 2. The first kappa shape index (κ1) is 25.5. The molecule has 188 valence electrons. The van der Waals surface area contributed by atoms with Gasteiger partial charge < -0.3 is 24.1 Å². The van der Waals surface area contributed by atoms with E-state index in [-0.39, 0.29) is 12.8 Å². The van der Waals surface area contributed by atoms with Crippen LogP contribution in [0.5, 0.6) is 0 Å². The van der Waals surface area contributed by atoms with Crippen LogP contribution in [0.3, 0.4) is 0 Å². The number of hydrogen-bond donors (Lipinski definition) is 1. The van der Waals surface area contributed by atoms with E-state index in [4.69, 9.17) is 42.1 Å². The zero-order valence-electron chi connectivity index (χ0n) is 19.6. The summed E-state index contributed by atoms with van der Waals surface area (Å²) < 4.78 is 23.6. The summed E-state index contributed by atoms with van der Waals surface area (Å²) in [6.07, 6.45) is -4.51. The van der Waals surface area contributed by atoms with E-state index in [2.05, 4.69) is 13.2 Å². The highest BCUT2D eigenvalue weighted by molar-refractivity contribution is 6.23. The Balaban J connectivity index is 1.96. The number of carbonyl (C=O) groups is 3. The van der Waals surface area contributed by atoms with Crippen molar-refractivity contribution in [1.29, 1.82) is 0 Å². The highest BCUT2D eigenvalue weighted by Gasteiger charge is 2.72. The van der Waals surface area contributed by atoms with Crippen molar-refractivity contribution in [3.05, 3.63) is 24.3 Å². The number of rotatable bonds is 2. The Kier molecular flexibility index (Phi) is 6.37. The molecule has 1 aliphatic carbocycles. The molecular weight excluding hydrogens is 487 g/mol. The van der Waals surface area contributed by atoms with Gasteiger partial charge in [0, 0.05) is 32.6 Å². The van der Waals surface area contributed by atoms with E-state index >= 15 is 0 Å². The minimum atomic E-state index is -1.53. The number of esters is 3. The maximum atomic E-state index is 12.7. The molecule has 34 heavy (non-hydrogen) atoms. The molecule has 0 amide bonds. The zero-order chi connectivity index (χ0) is 25.3. The lowest BCUT2D eigenvalue weighted by Crippen LogP contribution is -2.72. The van der Waals surface area contributed by atoms with Gasteiger partial charge in [-0.1, -0.05) is 25.7 Å². The number of aliphatic hydroxyl groups is 1. The van der Waals surface area contributed by atoms with Gasteiger partial charge in [-0.05, 0) is 12.5 Å². The molecule has 1 N–H and O–H groups in total. The summed E-state index contributed by atoms with van der Waals surface area (Å²) in [7, 11) is 0. The van der Waals surface area contributed by atoms with Crippen LogP contribution in [-0.2, 0) is 33.3 Å². The monoisotopic (exact) mass is 516 g/mol. The fourth-order valence-electron chi connectivity index (χ4n) is 6.39. The van der Waals surface area contributed by atoms with Crippen molar-refractivity contribution in [1.82, 2.24) is 0 Å². The molecule has 4 fully saturated rings. The standard InChI is InChI=1S/C24H30Cl2O8/c1-9-14(25)7-16(31-12(4)27)23(6)17(32-13(5)28)8-15-10(2)19(26)21-24(34-15,20(29)18(9)23)11(3)22(30)33-21/h11,14-21,29H,1-2,7-8H2,3-6H3/t11-,14-,15-,16-,17-,18+,19-,20-,21-,23+,24+/m0/s1. The van der Waals surface area contributed by atoms with Gasteiger partial charge in [0.1, 0.15) is 17.8 Å². The molecule has 0 radical (unpaired) electrons. The fraction of sp³-hybridized carbons (Fsp3) is 0.708. The molecule has 8 nitrogen and oxygen atoms in total. The molecule has 0 unspecified atom stereocenters. The summed E-state index contributed by atoms with van der Waals surface area (Å²) in [5.41, 5.74) is -1.76. The van der Waals surface area contributed by atoms with Crippen molar-refractivity contribution in [3.63, 3.8) is 0 Å². The molecule has 1 saturated carbocycles. The van der Waals surface area contributed by atoms with Crippen LogP contribution in [0.15, 0.2) is 24.3 Å². The van der Waals surface area contributed by atoms with Gasteiger partial charge in [-0.25, -0.2) is 0 Å². The van der Waals surface area contributed by atoms with Crippen molar-refractivity contribution in [2.24, 2.45) is 17.3 Å². The van der Waals surface area contributed by atoms with E-state index in [1.807, 2.05) is 0 Å². The van der Waals surface area contributed by atoms with Crippen LogP contribution < -0.4 is 0 Å². The van der Waals surface area contributed by atoms with Crippen molar-refractivity contribution in [2.75, 3.05) is 0 Å². The number of carbonyl (C=O) groups excluding carboxylic acids is 3. The summed E-state index contributed by atoms with van der Waals surface area (Å²) in [6.45, 7) is 14.2. The van der Waals surface area contributed by atoms with Crippen LogP contribution in [0, 0.1) is 17.3 Å². The third-order valence-electron chi connectivity index (χ3n) is 8.20. The van der Waals surface area contributed by atoms with E-state index in [0.717, 1.165) is 0 Å². The third kappa shape index (κ3) is 3.44. The summed E-state index contributed by atoms with van der Waals surface area (Å²) in [5, 5.41) is 10.6. The minimum absolute atomic E-state index is 0.120. The Labute approximate surface area is 208 Å². The Bertz CT molecular complexity index is 951. The molecule has 4 aliphatic rings. The van der Waals surface area contributed by atoms with E-state index in [0.29, 0.717) is 11.1 Å². The number of fused-ring (bicyclic) bond motifs is 2. The number of halogens is 2. The van der Waals surface area contributed by atoms with Gasteiger partial charge in [0.05, 0.1) is 34.3 Å². The van der Waals surface area contributed by atoms with E-state index in [1.165, 1.54) is 13.8 Å². The van der Waals surface area contributed by atoms with Crippen LogP contribution in [-0.4, -0.2) is 69.9 Å². The molecule has 1 spiro atoms. The van der Waals surface area contributed by atoms with Crippen LogP contribution in [0.4, 0.5) is 0 Å². The highest BCUT2D eigenvalue weighted by atomic mass is 35.5. The average molecular weight is 517 g/mol. The topological polar surface area (TPSA) is 108 Å². The molecule has 3 aliphatic heterocycles. The van der Waals surface area contributed by atoms with Gasteiger partial charge >= 0.3 is 17.9 Å². The molecule has 11 atom stereocenters. The second-order valence-electron chi connectivity index (χ2n) is 10.0. The van der Waals surface area contributed by atoms with Crippen molar-refractivity contribution in [2.45, 2.75) is 87.4 Å². The fourth-order valence-corrected chi connectivity index (χ4v) is 7.08. The van der Waals surface area contributed by atoms with Crippen molar-refractivity contribution in [3.8, 4) is 0 Å². The second kappa shape index (κ2) is 8.50. The average Bonchev–Trinajstić information content (AvgIpc) is 3.00. The molecule has 0 aromatic heterocycles. The van der Waals surface area contributed by atoms with Crippen LogP contribution >= 0.6 is 23.2 Å². The predicted molar refractivity (Wildman–Crippen MR) is 122 cm³/mol. The molecule has 0 aromatic carbocycles. The minimum Gasteiger partial charge on any atom is -0.462 e. The molecule has 3 saturated heterocycles. The molecule has 0 aromatic rings. The lowest BCUT2D eigenvalue weighted by atomic mass is 9.53. The Morgan fingerprint density at radius 2 is 1.65 bits per heavy atom. The Morgan fingerprint density at radius 3 is 2.21 bits per heavy atom.